The molecule has 0 radical (unpaired) electrons. The maximum Gasteiger partial charge on any atom is 0.273 e. The van der Waals surface area contributed by atoms with Gasteiger partial charge < -0.3 is 19.7 Å². The summed E-state index contributed by atoms with van der Waals surface area (Å²) in [5, 5.41) is 15.5. The van der Waals surface area contributed by atoms with Gasteiger partial charge in [-0.2, -0.15) is 0 Å². The number of morpholine rings is 1. The van der Waals surface area contributed by atoms with Crippen molar-refractivity contribution in [2.75, 3.05) is 32.9 Å². The lowest BCUT2D eigenvalue weighted by Crippen LogP contribution is -2.37. The summed E-state index contributed by atoms with van der Waals surface area (Å²) in [5.41, 5.74) is 0.250. The van der Waals surface area contributed by atoms with Crippen LogP contribution in [-0.2, 0) is 11.3 Å². The number of hydrogen-bond donors (Lipinski definition) is 2. The van der Waals surface area contributed by atoms with Gasteiger partial charge in [-0.1, -0.05) is 12.1 Å². The van der Waals surface area contributed by atoms with Crippen LogP contribution in [0.1, 0.15) is 29.6 Å². The number of hydrogen-bond acceptors (Lipinski definition) is 6. The first-order valence-electron chi connectivity index (χ1n) is 6.90. The van der Waals surface area contributed by atoms with Crippen LogP contribution in [0.3, 0.4) is 0 Å². The molecule has 2 rings (SSSR count). The van der Waals surface area contributed by atoms with Crippen LogP contribution >= 0.6 is 0 Å². The third kappa shape index (κ3) is 4.03. The number of aliphatic hydroxyl groups excluding tert-OH is 1. The van der Waals surface area contributed by atoms with E-state index >= 15 is 0 Å². The molecule has 0 bridgehead atoms. The molecule has 20 heavy (non-hydrogen) atoms. The number of ether oxygens (including phenoxy) is 1. The summed E-state index contributed by atoms with van der Waals surface area (Å²) in [6, 6.07) is 1.40. The predicted octanol–water partition coefficient (Wildman–Crippen LogP) is 0.00750. The van der Waals surface area contributed by atoms with Crippen molar-refractivity contribution in [2.24, 2.45) is 0 Å². The van der Waals surface area contributed by atoms with Crippen molar-refractivity contribution in [1.29, 1.82) is 0 Å². The fraction of sp³-hybridized carbons (Fsp3) is 0.692. The smallest absolute Gasteiger partial charge is 0.273 e. The monoisotopic (exact) mass is 283 g/mol. The van der Waals surface area contributed by atoms with E-state index in [4.69, 9.17) is 14.4 Å². The topological polar surface area (TPSA) is 87.8 Å². The van der Waals surface area contributed by atoms with Gasteiger partial charge in [-0.15, -0.1) is 0 Å². The lowest BCUT2D eigenvalue weighted by atomic mass is 10.2. The van der Waals surface area contributed by atoms with E-state index in [1.165, 1.54) is 0 Å². The maximum atomic E-state index is 11.9. The van der Waals surface area contributed by atoms with Crippen molar-refractivity contribution in [3.05, 3.63) is 17.5 Å². The van der Waals surface area contributed by atoms with Gasteiger partial charge in [-0.3, -0.25) is 9.69 Å². The average molecular weight is 283 g/mol. The molecule has 0 unspecified atom stereocenters. The van der Waals surface area contributed by atoms with Gasteiger partial charge in [0, 0.05) is 19.2 Å². The molecular formula is C13H21N3O4. The van der Waals surface area contributed by atoms with Crippen LogP contribution in [-0.4, -0.2) is 60.0 Å². The Balaban J connectivity index is 1.89. The van der Waals surface area contributed by atoms with Crippen molar-refractivity contribution in [2.45, 2.75) is 25.9 Å². The molecule has 112 valence electrons. The van der Waals surface area contributed by atoms with Gasteiger partial charge in [0.1, 0.15) is 0 Å². The van der Waals surface area contributed by atoms with Gasteiger partial charge in [0.2, 0.25) is 0 Å². The van der Waals surface area contributed by atoms with Crippen molar-refractivity contribution >= 4 is 5.91 Å². The van der Waals surface area contributed by atoms with Crippen molar-refractivity contribution in [3.8, 4) is 0 Å². The molecule has 1 aliphatic heterocycles. The first-order valence-corrected chi connectivity index (χ1v) is 6.90. The quantitative estimate of drug-likeness (QED) is 0.764. The highest BCUT2D eigenvalue weighted by Gasteiger charge is 2.18. The van der Waals surface area contributed by atoms with E-state index in [9.17, 15) is 4.79 Å². The Hall–Kier alpha value is -1.44. The molecule has 1 atom stereocenters. The van der Waals surface area contributed by atoms with Crippen LogP contribution in [0.2, 0.25) is 0 Å². The molecule has 7 nitrogen and oxygen atoms in total. The zero-order valence-electron chi connectivity index (χ0n) is 11.7. The lowest BCUT2D eigenvalue weighted by molar-refractivity contribution is 0.0305. The van der Waals surface area contributed by atoms with Gasteiger partial charge in [-0.05, 0) is 6.42 Å². The second-order valence-electron chi connectivity index (χ2n) is 4.83. The molecule has 1 aliphatic rings. The minimum atomic E-state index is -0.317. The zero-order valence-corrected chi connectivity index (χ0v) is 11.7. The van der Waals surface area contributed by atoms with Gasteiger partial charge >= 0.3 is 0 Å². The number of nitrogens with zero attached hydrogens (tertiary/aromatic N) is 2. The van der Waals surface area contributed by atoms with Crippen LogP contribution in [0.25, 0.3) is 0 Å². The first-order chi connectivity index (χ1) is 9.72. The van der Waals surface area contributed by atoms with Gasteiger partial charge in [-0.25, -0.2) is 0 Å². The second kappa shape index (κ2) is 7.37. The number of aliphatic hydroxyl groups is 1. The number of rotatable bonds is 6. The van der Waals surface area contributed by atoms with Crippen molar-refractivity contribution in [3.63, 3.8) is 0 Å². The molecule has 0 spiro atoms. The van der Waals surface area contributed by atoms with Crippen LogP contribution in [0.5, 0.6) is 0 Å². The molecule has 2 N–H and O–H groups in total. The highest BCUT2D eigenvalue weighted by atomic mass is 16.5. The lowest BCUT2D eigenvalue weighted by Gasteiger charge is -2.25. The third-order valence-corrected chi connectivity index (χ3v) is 3.32. The average Bonchev–Trinajstić information content (AvgIpc) is 2.94. The van der Waals surface area contributed by atoms with E-state index in [0.29, 0.717) is 18.7 Å². The van der Waals surface area contributed by atoms with E-state index in [2.05, 4.69) is 15.4 Å². The first kappa shape index (κ1) is 15.0. The van der Waals surface area contributed by atoms with Crippen LogP contribution in [0.4, 0.5) is 0 Å². The standard InChI is InChI=1S/C13H21N3O4/c1-2-10(9-17)14-13(18)12-7-11(20-15-12)8-16-3-5-19-6-4-16/h7,10,17H,2-6,8-9H2,1H3,(H,14,18)/t10-/m0/s1. The van der Waals surface area contributed by atoms with Crippen molar-refractivity contribution < 1.29 is 19.2 Å². The molecule has 0 aliphatic carbocycles. The highest BCUT2D eigenvalue weighted by molar-refractivity contribution is 5.92. The predicted molar refractivity (Wildman–Crippen MR) is 71.2 cm³/mol. The molecule has 1 saturated heterocycles. The van der Waals surface area contributed by atoms with Gasteiger partial charge in [0.25, 0.3) is 5.91 Å². The maximum absolute atomic E-state index is 11.9. The largest absolute Gasteiger partial charge is 0.394 e. The molecular weight excluding hydrogens is 262 g/mol. The summed E-state index contributed by atoms with van der Waals surface area (Å²) < 4.78 is 10.5. The van der Waals surface area contributed by atoms with Crippen molar-refractivity contribution in [1.82, 2.24) is 15.4 Å². The minimum absolute atomic E-state index is 0.0826. The Morgan fingerprint density at radius 1 is 1.55 bits per heavy atom. The van der Waals surface area contributed by atoms with E-state index in [1.54, 1.807) is 6.07 Å². The number of aromatic nitrogens is 1. The molecule has 1 aromatic heterocycles. The Morgan fingerprint density at radius 3 is 2.95 bits per heavy atom. The van der Waals surface area contributed by atoms with E-state index < -0.39 is 0 Å². The summed E-state index contributed by atoms with van der Waals surface area (Å²) in [7, 11) is 0. The third-order valence-electron chi connectivity index (χ3n) is 3.32. The molecule has 0 aromatic carbocycles. The molecule has 1 aromatic rings. The van der Waals surface area contributed by atoms with Crippen LogP contribution < -0.4 is 5.32 Å². The second-order valence-corrected chi connectivity index (χ2v) is 4.83. The Kier molecular flexibility index (Phi) is 5.51. The summed E-state index contributed by atoms with van der Waals surface area (Å²) in [4.78, 5) is 14.1. The molecule has 7 heteroatoms. The number of carbonyl (C=O) groups excluding carboxylic acids is 1. The summed E-state index contributed by atoms with van der Waals surface area (Å²) >= 11 is 0. The van der Waals surface area contributed by atoms with E-state index in [-0.39, 0.29) is 24.2 Å². The summed E-state index contributed by atoms with van der Waals surface area (Å²) in [6.45, 7) is 5.58. The van der Waals surface area contributed by atoms with E-state index in [1.807, 2.05) is 6.92 Å². The SMILES string of the molecule is CC[C@@H](CO)NC(=O)c1cc(CN2CCOCC2)on1. The normalized spacial score (nSPS) is 17.9. The van der Waals surface area contributed by atoms with Gasteiger partial charge in [0.15, 0.2) is 11.5 Å². The summed E-state index contributed by atoms with van der Waals surface area (Å²) in [6.07, 6.45) is 0.667. The zero-order chi connectivity index (χ0) is 14.4. The number of nitrogens with one attached hydrogen (secondary N) is 1. The number of carbonyl (C=O) groups is 1. The molecule has 2 heterocycles. The Morgan fingerprint density at radius 2 is 2.30 bits per heavy atom. The Bertz CT molecular complexity index is 425. The number of amides is 1. The minimum Gasteiger partial charge on any atom is -0.394 e. The molecule has 1 fully saturated rings. The highest BCUT2D eigenvalue weighted by Crippen LogP contribution is 2.09. The van der Waals surface area contributed by atoms with E-state index in [0.717, 1.165) is 26.3 Å². The summed E-state index contributed by atoms with van der Waals surface area (Å²) in [5.74, 6) is 0.344. The Labute approximate surface area is 117 Å². The fourth-order valence-corrected chi connectivity index (χ4v) is 2.01. The van der Waals surface area contributed by atoms with Crippen LogP contribution in [0, 0.1) is 0 Å². The molecule has 1 amide bonds. The fourth-order valence-electron chi connectivity index (χ4n) is 2.01. The van der Waals surface area contributed by atoms with Crippen LogP contribution in [0.15, 0.2) is 10.6 Å². The van der Waals surface area contributed by atoms with Gasteiger partial charge in [0.05, 0.1) is 32.4 Å². The molecule has 0 saturated carbocycles.